The zero-order valence-corrected chi connectivity index (χ0v) is 13.1. The molecule has 0 radical (unpaired) electrons. The molecule has 0 aliphatic rings. The fourth-order valence-electron chi connectivity index (χ4n) is 1.20. The summed E-state index contributed by atoms with van der Waals surface area (Å²) < 4.78 is 6.92. The predicted molar refractivity (Wildman–Crippen MR) is 67.6 cm³/mol. The second-order valence-corrected chi connectivity index (χ2v) is 4.97. The van der Waals surface area contributed by atoms with Crippen molar-refractivity contribution in [2.75, 3.05) is 12.3 Å². The van der Waals surface area contributed by atoms with Gasteiger partial charge in [0, 0.05) is 0 Å². The molecule has 0 unspecified atom stereocenters. The van der Waals surface area contributed by atoms with Gasteiger partial charge in [-0.25, -0.2) is 0 Å². The molecule has 90 valence electrons. The summed E-state index contributed by atoms with van der Waals surface area (Å²) in [4.78, 5) is 12.5. The van der Waals surface area contributed by atoms with Crippen molar-refractivity contribution in [3.05, 3.63) is 35.2 Å². The number of nitrogens with two attached hydrogens (primary N) is 1. The molecule has 1 aromatic rings. The number of nitrogen functional groups attached to an aromatic ring is 1. The molecule has 3 nitrogen and oxygen atoms in total. The van der Waals surface area contributed by atoms with Crippen LogP contribution in [0.25, 0.3) is 5.57 Å². The van der Waals surface area contributed by atoms with E-state index in [0.717, 1.165) is 10.5 Å². The molecule has 2 N–H and O–H groups in total. The molecule has 0 aliphatic carbocycles. The van der Waals surface area contributed by atoms with Crippen LogP contribution in [0, 0.1) is 6.58 Å². The van der Waals surface area contributed by atoms with Crippen LogP contribution in [-0.2, 0) is 24.1 Å². The topological polar surface area (TPSA) is 52.3 Å². The van der Waals surface area contributed by atoms with Gasteiger partial charge in [0.15, 0.2) is 0 Å². The molecule has 1 heterocycles. The Morgan fingerprint density at radius 3 is 2.94 bits per heavy atom. The van der Waals surface area contributed by atoms with Gasteiger partial charge in [-0.2, -0.15) is 0 Å². The Labute approximate surface area is 115 Å². The van der Waals surface area contributed by atoms with E-state index >= 15 is 0 Å². The zero-order valence-electron chi connectivity index (χ0n) is 9.30. The van der Waals surface area contributed by atoms with E-state index in [4.69, 9.17) is 17.0 Å². The van der Waals surface area contributed by atoms with Crippen LogP contribution in [0.5, 0.6) is 0 Å². The van der Waals surface area contributed by atoms with Crippen molar-refractivity contribution < 1.29 is 28.9 Å². The van der Waals surface area contributed by atoms with Crippen molar-refractivity contribution in [2.45, 2.75) is 6.92 Å². The Balaban J connectivity index is 3.10. The fraction of sp³-hybridized carbons (Fsp3) is 0.167. The summed E-state index contributed by atoms with van der Waals surface area (Å²) >= 11 is 2.66. The van der Waals surface area contributed by atoms with Gasteiger partial charge in [0.2, 0.25) is 0 Å². The normalized spacial score (nSPS) is 11.0. The number of allylic oxidation sites excluding steroid dienone is 3. The van der Waals surface area contributed by atoms with E-state index in [1.807, 2.05) is 4.40 Å². The van der Waals surface area contributed by atoms with E-state index in [-0.39, 0.29) is 5.97 Å². The van der Waals surface area contributed by atoms with Crippen LogP contribution in [0.3, 0.4) is 0 Å². The molecule has 0 aromatic carbocycles. The van der Waals surface area contributed by atoms with Crippen LogP contribution < -0.4 is 5.73 Å². The van der Waals surface area contributed by atoms with Crippen LogP contribution in [0.15, 0.2) is 18.2 Å². The van der Waals surface area contributed by atoms with Crippen molar-refractivity contribution in [3.63, 3.8) is 0 Å². The van der Waals surface area contributed by atoms with Gasteiger partial charge < -0.3 is 0 Å². The first-order valence-corrected chi connectivity index (χ1v) is 7.42. The Bertz CT molecular complexity index is 477. The summed E-state index contributed by atoms with van der Waals surface area (Å²) in [6, 6.07) is 1.74. The predicted octanol–water partition coefficient (Wildman–Crippen LogP) is 2.23. The number of esters is 1. The van der Waals surface area contributed by atoms with Gasteiger partial charge in [0.1, 0.15) is 0 Å². The van der Waals surface area contributed by atoms with E-state index in [2.05, 4.69) is 0 Å². The van der Waals surface area contributed by atoms with E-state index < -0.39 is 0 Å². The maximum absolute atomic E-state index is 11.6. The van der Waals surface area contributed by atoms with E-state index in [1.54, 1.807) is 19.1 Å². The van der Waals surface area contributed by atoms with E-state index in [0.29, 0.717) is 17.2 Å². The first kappa shape index (κ1) is 14.1. The minimum absolute atomic E-state index is 0.340. The molecule has 0 spiro atoms. The van der Waals surface area contributed by atoms with Crippen LogP contribution in [-0.4, -0.2) is 17.0 Å². The molecular weight excluding hydrogens is 406 g/mol. The molecule has 0 atom stereocenters. The Morgan fingerprint density at radius 2 is 2.41 bits per heavy atom. The van der Waals surface area contributed by atoms with Crippen LogP contribution >= 0.6 is 11.3 Å². The van der Waals surface area contributed by atoms with Gasteiger partial charge in [-0.15, -0.1) is 0 Å². The minimum atomic E-state index is -0.382. The van der Waals surface area contributed by atoms with Gasteiger partial charge in [0.25, 0.3) is 0 Å². The van der Waals surface area contributed by atoms with Crippen molar-refractivity contribution in [1.29, 1.82) is 0 Å². The third-order valence-electron chi connectivity index (χ3n) is 1.94. The van der Waals surface area contributed by atoms with Gasteiger partial charge >= 0.3 is 116 Å². The summed E-state index contributed by atoms with van der Waals surface area (Å²) in [5.74, 6) is -0.382. The molecular formula is C12H12NO2SW-. The molecule has 0 saturated carbocycles. The summed E-state index contributed by atoms with van der Waals surface area (Å²) in [6.07, 6.45) is 3.25. The molecule has 1 aromatic heterocycles. The number of anilines is 1. The van der Waals surface area contributed by atoms with Crippen molar-refractivity contribution >= 4 is 32.3 Å². The Morgan fingerprint density at radius 1 is 1.71 bits per heavy atom. The third kappa shape index (κ3) is 3.48. The molecule has 0 bridgehead atoms. The van der Waals surface area contributed by atoms with Crippen LogP contribution in [0.1, 0.15) is 22.2 Å². The van der Waals surface area contributed by atoms with E-state index in [9.17, 15) is 4.79 Å². The number of thiophene rings is 1. The van der Waals surface area contributed by atoms with E-state index in [1.165, 1.54) is 36.8 Å². The Hall–Kier alpha value is -0.992. The van der Waals surface area contributed by atoms with Gasteiger partial charge in [-0.1, -0.05) is 0 Å². The number of carbonyl (C=O) groups excluding carboxylic acids is 1. The third-order valence-corrected chi connectivity index (χ3v) is 3.87. The average Bonchev–Trinajstić information content (AvgIpc) is 2.68. The number of ether oxygens (including phenoxy) is 1. The van der Waals surface area contributed by atoms with Crippen LogP contribution in [0.2, 0.25) is 0 Å². The zero-order chi connectivity index (χ0) is 12.8. The monoisotopic (exact) mass is 418 g/mol. The quantitative estimate of drug-likeness (QED) is 0.454. The summed E-state index contributed by atoms with van der Waals surface area (Å²) in [5, 5.41) is 0.471. The molecule has 0 amide bonds. The summed E-state index contributed by atoms with van der Waals surface area (Å²) in [5.41, 5.74) is 7.19. The first-order valence-electron chi connectivity index (χ1n) is 4.91. The van der Waals surface area contributed by atoms with Gasteiger partial charge in [0.05, 0.1) is 0 Å². The Kier molecular flexibility index (Phi) is 5.52. The number of carbonyl (C=O) groups is 1. The van der Waals surface area contributed by atoms with Gasteiger partial charge in [-0.05, 0) is 0 Å². The molecule has 0 fully saturated rings. The number of hydrogen-bond donors (Lipinski definition) is 1. The first-order chi connectivity index (χ1) is 8.13. The van der Waals surface area contributed by atoms with Gasteiger partial charge in [-0.3, -0.25) is 0 Å². The molecule has 0 aliphatic heterocycles. The van der Waals surface area contributed by atoms with Crippen LogP contribution in [0.4, 0.5) is 5.00 Å². The fourth-order valence-corrected chi connectivity index (χ4v) is 3.14. The number of hydrogen-bond acceptors (Lipinski definition) is 4. The summed E-state index contributed by atoms with van der Waals surface area (Å²) in [6.45, 7) is 7.47. The molecule has 1 rings (SSSR count). The second-order valence-electron chi connectivity index (χ2n) is 3.04. The van der Waals surface area contributed by atoms with Crippen molar-refractivity contribution in [3.8, 4) is 0 Å². The van der Waals surface area contributed by atoms with Crippen molar-refractivity contribution in [1.82, 2.24) is 0 Å². The van der Waals surface area contributed by atoms with Crippen molar-refractivity contribution in [2.24, 2.45) is 0 Å². The standard InChI is InChI=1S/C12H12NO2S.W/c1-4-6-8(3)10-7-9(11(13)16-10)12(14)15-5-2;/h1,3-4,6-7H,5,13H2,2H3;/q-1;/b8-6+;. The number of rotatable bonds is 5. The molecule has 17 heavy (non-hydrogen) atoms. The SMILES string of the molecule is [CH-]=C/C=C(\[CH]=[W])c1cc(C(=O)OCC)c(N)s1. The molecule has 0 saturated heterocycles. The summed E-state index contributed by atoms with van der Waals surface area (Å²) in [7, 11) is 0. The molecule has 5 heteroatoms. The second kappa shape index (κ2) is 6.67. The average molecular weight is 418 g/mol. The maximum atomic E-state index is 11.6.